The third-order valence-corrected chi connectivity index (χ3v) is 4.29. The highest BCUT2D eigenvalue weighted by Crippen LogP contribution is 2.49. The Morgan fingerprint density at radius 1 is 0.818 bits per heavy atom. The van der Waals surface area contributed by atoms with Crippen LogP contribution in [0.25, 0.3) is 0 Å². The van der Waals surface area contributed by atoms with Crippen molar-refractivity contribution in [3.8, 4) is 11.5 Å². The van der Waals surface area contributed by atoms with E-state index >= 15 is 0 Å². The molecule has 2 rings (SSSR count). The molecule has 0 aliphatic carbocycles. The van der Waals surface area contributed by atoms with Gasteiger partial charge in [-0.05, 0) is 30.7 Å². The van der Waals surface area contributed by atoms with Crippen LogP contribution in [0.15, 0.2) is 60.7 Å². The normalized spacial score (nSPS) is 11.1. The summed E-state index contributed by atoms with van der Waals surface area (Å²) in [6, 6.07) is 17.8. The summed E-state index contributed by atoms with van der Waals surface area (Å²) < 4.78 is 29.3. The van der Waals surface area contributed by atoms with Gasteiger partial charge in [0.05, 0.1) is 6.61 Å². The minimum Gasteiger partial charge on any atom is -0.395 e. The van der Waals surface area contributed by atoms with Gasteiger partial charge in [-0.1, -0.05) is 56.2 Å². The predicted molar refractivity (Wildman–Crippen MR) is 87.2 cm³/mol. The average molecular weight is 320 g/mol. The van der Waals surface area contributed by atoms with Crippen LogP contribution < -0.4 is 9.05 Å². The molecule has 0 aliphatic heterocycles. The van der Waals surface area contributed by atoms with Gasteiger partial charge in [-0.2, -0.15) is 0 Å². The van der Waals surface area contributed by atoms with Crippen LogP contribution in [0, 0.1) is 0 Å². The number of rotatable bonds is 9. The number of hydrogen-bond donors (Lipinski definition) is 0. The molecule has 0 N–H and O–H groups in total. The fraction of sp³-hybridized carbons (Fsp3) is 0.294. The summed E-state index contributed by atoms with van der Waals surface area (Å²) in [6.07, 6.45) is 2.89. The van der Waals surface area contributed by atoms with E-state index in [1.807, 2.05) is 12.1 Å². The lowest BCUT2D eigenvalue weighted by Crippen LogP contribution is -2.06. The molecule has 4 nitrogen and oxygen atoms in total. The molecule has 22 heavy (non-hydrogen) atoms. The molecule has 0 heterocycles. The van der Waals surface area contributed by atoms with E-state index in [9.17, 15) is 4.57 Å². The molecule has 0 saturated heterocycles. The number of phosphoric acid groups is 1. The van der Waals surface area contributed by atoms with Crippen molar-refractivity contribution in [2.75, 3.05) is 6.61 Å². The maximum absolute atomic E-state index is 12.8. The molecule has 0 fully saturated rings. The fourth-order valence-electron chi connectivity index (χ4n) is 1.82. The van der Waals surface area contributed by atoms with Crippen molar-refractivity contribution >= 4 is 7.82 Å². The van der Waals surface area contributed by atoms with Crippen molar-refractivity contribution in [2.24, 2.45) is 0 Å². The third kappa shape index (κ3) is 5.55. The van der Waals surface area contributed by atoms with Gasteiger partial charge >= 0.3 is 7.82 Å². The molecule has 0 aromatic heterocycles. The topological polar surface area (TPSA) is 44.8 Å². The van der Waals surface area contributed by atoms with Crippen molar-refractivity contribution in [2.45, 2.75) is 26.2 Å². The van der Waals surface area contributed by atoms with Crippen LogP contribution in [-0.4, -0.2) is 6.61 Å². The average Bonchev–Trinajstić information content (AvgIpc) is 2.53. The van der Waals surface area contributed by atoms with Crippen molar-refractivity contribution in [1.29, 1.82) is 0 Å². The Morgan fingerprint density at radius 3 is 1.77 bits per heavy atom. The standard InChI is InChI=1S/C17H21O4P/c1-2-3-10-15-19-22(18,20-16-11-6-4-7-12-16)21-17-13-8-5-9-14-17/h4-9,11-14H,2-3,10,15H2,1H3. The number of phosphoric ester groups is 1. The van der Waals surface area contributed by atoms with E-state index < -0.39 is 7.82 Å². The lowest BCUT2D eigenvalue weighted by Gasteiger charge is -2.19. The highest BCUT2D eigenvalue weighted by atomic mass is 31.2. The van der Waals surface area contributed by atoms with E-state index in [1.54, 1.807) is 48.5 Å². The van der Waals surface area contributed by atoms with Gasteiger partial charge in [0.25, 0.3) is 0 Å². The second-order valence-electron chi connectivity index (χ2n) is 4.80. The number of hydrogen-bond acceptors (Lipinski definition) is 4. The smallest absolute Gasteiger partial charge is 0.395 e. The summed E-state index contributed by atoms with van der Waals surface area (Å²) in [5, 5.41) is 0. The number of para-hydroxylation sites is 2. The van der Waals surface area contributed by atoms with E-state index in [4.69, 9.17) is 13.6 Å². The second-order valence-corrected chi connectivity index (χ2v) is 6.31. The van der Waals surface area contributed by atoms with Crippen LogP contribution in [0.4, 0.5) is 0 Å². The van der Waals surface area contributed by atoms with Crippen LogP contribution >= 0.6 is 7.82 Å². The largest absolute Gasteiger partial charge is 0.587 e. The first-order chi connectivity index (χ1) is 10.7. The Hall–Kier alpha value is -1.77. The van der Waals surface area contributed by atoms with Gasteiger partial charge in [-0.25, -0.2) is 4.57 Å². The Bertz CT molecular complexity index is 541. The molecule has 0 aliphatic rings. The zero-order valence-corrected chi connectivity index (χ0v) is 13.6. The Kier molecular flexibility index (Phi) is 6.50. The molecule has 2 aromatic rings. The molecular formula is C17H21O4P. The molecule has 118 valence electrons. The zero-order valence-electron chi connectivity index (χ0n) is 12.7. The molecule has 5 heteroatoms. The second kappa shape index (κ2) is 8.62. The summed E-state index contributed by atoms with van der Waals surface area (Å²) in [4.78, 5) is 0. The SMILES string of the molecule is CCCCCOP(=O)(Oc1ccccc1)Oc1ccccc1. The maximum Gasteiger partial charge on any atom is 0.587 e. The molecule has 0 spiro atoms. The summed E-state index contributed by atoms with van der Waals surface area (Å²) in [7, 11) is -3.70. The van der Waals surface area contributed by atoms with Crippen LogP contribution in [-0.2, 0) is 9.09 Å². The molecule has 0 saturated carbocycles. The Labute approximate surface area is 131 Å². The first-order valence-corrected chi connectivity index (χ1v) is 8.92. The zero-order chi connectivity index (χ0) is 15.7. The van der Waals surface area contributed by atoms with Crippen molar-refractivity contribution in [3.63, 3.8) is 0 Å². The van der Waals surface area contributed by atoms with E-state index in [2.05, 4.69) is 6.92 Å². The van der Waals surface area contributed by atoms with Gasteiger partial charge in [-0.3, -0.25) is 4.52 Å². The van der Waals surface area contributed by atoms with E-state index in [1.165, 1.54) is 0 Å². The lowest BCUT2D eigenvalue weighted by molar-refractivity contribution is 0.205. The lowest BCUT2D eigenvalue weighted by atomic mass is 10.3. The van der Waals surface area contributed by atoms with Crippen LogP contribution in [0.5, 0.6) is 11.5 Å². The minimum atomic E-state index is -3.70. The van der Waals surface area contributed by atoms with E-state index in [0.717, 1.165) is 19.3 Å². The van der Waals surface area contributed by atoms with Crippen LogP contribution in [0.3, 0.4) is 0 Å². The summed E-state index contributed by atoms with van der Waals surface area (Å²) in [5.41, 5.74) is 0. The molecule has 0 atom stereocenters. The van der Waals surface area contributed by atoms with Gasteiger partial charge in [0.1, 0.15) is 11.5 Å². The van der Waals surface area contributed by atoms with Gasteiger partial charge in [0.15, 0.2) is 0 Å². The third-order valence-electron chi connectivity index (χ3n) is 2.92. The van der Waals surface area contributed by atoms with E-state index in [-0.39, 0.29) is 0 Å². The predicted octanol–water partition coefficient (Wildman–Crippen LogP) is 5.46. The molecule has 0 amide bonds. The van der Waals surface area contributed by atoms with Crippen molar-refractivity contribution in [3.05, 3.63) is 60.7 Å². The highest BCUT2D eigenvalue weighted by molar-refractivity contribution is 7.49. The first-order valence-electron chi connectivity index (χ1n) is 7.46. The molecule has 0 radical (unpaired) electrons. The molecular weight excluding hydrogens is 299 g/mol. The van der Waals surface area contributed by atoms with Crippen molar-refractivity contribution < 1.29 is 18.1 Å². The quantitative estimate of drug-likeness (QED) is 0.454. The fourth-order valence-corrected chi connectivity index (χ4v) is 3.08. The molecule has 0 unspecified atom stereocenters. The van der Waals surface area contributed by atoms with Crippen LogP contribution in [0.1, 0.15) is 26.2 Å². The summed E-state index contributed by atoms with van der Waals surface area (Å²) in [6.45, 7) is 2.44. The Morgan fingerprint density at radius 2 is 1.32 bits per heavy atom. The highest BCUT2D eigenvalue weighted by Gasteiger charge is 2.30. The number of benzene rings is 2. The van der Waals surface area contributed by atoms with Gasteiger partial charge in [0.2, 0.25) is 0 Å². The van der Waals surface area contributed by atoms with Crippen molar-refractivity contribution in [1.82, 2.24) is 0 Å². The minimum absolute atomic E-state index is 0.338. The Balaban J connectivity index is 2.07. The van der Waals surface area contributed by atoms with Crippen LogP contribution in [0.2, 0.25) is 0 Å². The molecule has 0 bridgehead atoms. The van der Waals surface area contributed by atoms with Gasteiger partial charge in [-0.15, -0.1) is 0 Å². The number of unbranched alkanes of at least 4 members (excludes halogenated alkanes) is 2. The van der Waals surface area contributed by atoms with Gasteiger partial charge in [0, 0.05) is 0 Å². The molecule has 2 aromatic carbocycles. The summed E-state index contributed by atoms with van der Waals surface area (Å²) in [5.74, 6) is 0.912. The summed E-state index contributed by atoms with van der Waals surface area (Å²) >= 11 is 0. The first kappa shape index (κ1) is 16.6. The maximum atomic E-state index is 12.8. The monoisotopic (exact) mass is 320 g/mol. The van der Waals surface area contributed by atoms with Gasteiger partial charge < -0.3 is 9.05 Å². The van der Waals surface area contributed by atoms with E-state index in [0.29, 0.717) is 18.1 Å².